The fourth-order valence-corrected chi connectivity index (χ4v) is 2.17. The third kappa shape index (κ3) is 5.27. The summed E-state index contributed by atoms with van der Waals surface area (Å²) in [5.74, 6) is 1.23. The molecule has 0 radical (unpaired) electrons. The maximum Gasteiger partial charge on any atom is 0.270 e. The molecular formula is C16H17N3O6. The minimum absolute atomic E-state index is 0.00194. The van der Waals surface area contributed by atoms with E-state index in [2.05, 4.69) is 16.4 Å². The first kappa shape index (κ1) is 18.4. The van der Waals surface area contributed by atoms with Gasteiger partial charge in [-0.1, -0.05) is 5.92 Å². The minimum atomic E-state index is -0.966. The number of carbonyl (C=O) groups is 1. The number of terminal acetylenes is 1. The summed E-state index contributed by atoms with van der Waals surface area (Å²) in [6.45, 7) is 2.51. The molecule has 1 saturated heterocycles. The zero-order valence-electron chi connectivity index (χ0n) is 13.6. The molecule has 0 aromatic heterocycles. The monoisotopic (exact) mass is 347 g/mol. The lowest BCUT2D eigenvalue weighted by atomic mass is 10.2. The maximum atomic E-state index is 11.9. The van der Waals surface area contributed by atoms with Gasteiger partial charge < -0.3 is 14.2 Å². The van der Waals surface area contributed by atoms with E-state index < -0.39 is 16.6 Å². The van der Waals surface area contributed by atoms with Crippen molar-refractivity contribution >= 4 is 17.8 Å². The van der Waals surface area contributed by atoms with Crippen LogP contribution in [0.15, 0.2) is 23.3 Å². The van der Waals surface area contributed by atoms with Crippen molar-refractivity contribution in [2.45, 2.75) is 19.1 Å². The predicted molar refractivity (Wildman–Crippen MR) is 88.1 cm³/mol. The van der Waals surface area contributed by atoms with E-state index >= 15 is 0 Å². The van der Waals surface area contributed by atoms with Crippen LogP contribution in [0.2, 0.25) is 0 Å². The first-order chi connectivity index (χ1) is 11.9. The fraction of sp³-hybridized carbons (Fsp3) is 0.375. The Labute approximate surface area is 144 Å². The molecule has 2 rings (SSSR count). The second-order valence-electron chi connectivity index (χ2n) is 5.27. The van der Waals surface area contributed by atoms with Crippen molar-refractivity contribution in [3.05, 3.63) is 33.9 Å². The van der Waals surface area contributed by atoms with Crippen LogP contribution in [0.25, 0.3) is 0 Å². The van der Waals surface area contributed by atoms with Gasteiger partial charge >= 0.3 is 0 Å². The van der Waals surface area contributed by atoms with Crippen molar-refractivity contribution in [1.82, 2.24) is 5.43 Å². The van der Waals surface area contributed by atoms with Crippen LogP contribution in [0, 0.1) is 22.5 Å². The molecule has 0 unspecified atom stereocenters. The number of nitrogens with one attached hydrogen (secondary N) is 1. The van der Waals surface area contributed by atoms with Crippen molar-refractivity contribution in [2.24, 2.45) is 5.10 Å². The first-order valence-corrected chi connectivity index (χ1v) is 7.38. The Balaban J connectivity index is 2.04. The lowest BCUT2D eigenvalue weighted by molar-refractivity contribution is -0.384. The van der Waals surface area contributed by atoms with Crippen LogP contribution in [0.3, 0.4) is 0 Å². The molecule has 0 spiro atoms. The molecule has 0 saturated carbocycles. The van der Waals surface area contributed by atoms with Gasteiger partial charge in [-0.25, -0.2) is 5.43 Å². The quantitative estimate of drug-likeness (QED) is 0.343. The van der Waals surface area contributed by atoms with E-state index in [1.165, 1.54) is 24.4 Å². The summed E-state index contributed by atoms with van der Waals surface area (Å²) < 4.78 is 16.0. The topological polar surface area (TPSA) is 112 Å². The maximum absolute atomic E-state index is 11.9. The number of non-ortho nitro benzene ring substituents is 1. The highest BCUT2D eigenvalue weighted by Gasteiger charge is 2.33. The summed E-state index contributed by atoms with van der Waals surface area (Å²) in [4.78, 5) is 22.2. The Bertz CT molecular complexity index is 719. The molecule has 9 nitrogen and oxygen atoms in total. The van der Waals surface area contributed by atoms with Crippen LogP contribution in [0.4, 0.5) is 5.69 Å². The highest BCUT2D eigenvalue weighted by molar-refractivity contribution is 5.86. The number of benzene rings is 1. The average molecular weight is 347 g/mol. The van der Waals surface area contributed by atoms with E-state index in [0.717, 1.165) is 0 Å². The second-order valence-corrected chi connectivity index (χ2v) is 5.27. The van der Waals surface area contributed by atoms with E-state index in [0.29, 0.717) is 24.5 Å². The molecule has 132 valence electrons. The summed E-state index contributed by atoms with van der Waals surface area (Å²) in [5, 5.41) is 14.7. The van der Waals surface area contributed by atoms with Gasteiger partial charge in [-0.05, 0) is 13.0 Å². The van der Waals surface area contributed by atoms with Gasteiger partial charge in [-0.3, -0.25) is 14.9 Å². The standard InChI is InChI=1S/C16H17N3O6/c1-3-6-23-14-5-4-13(19(21)22)9-12(14)11-17-18-15(20)10-16(2)24-7-8-25-16/h1,4-5,9,11H,6-8,10H2,2H3,(H,18,20)/b17-11-. The Kier molecular flexibility index (Phi) is 6.05. The lowest BCUT2D eigenvalue weighted by Gasteiger charge is -2.20. The number of amides is 1. The molecule has 1 N–H and O–H groups in total. The molecule has 0 aliphatic carbocycles. The molecule has 1 aromatic rings. The number of hydrazone groups is 1. The summed E-state index contributed by atoms with van der Waals surface area (Å²) >= 11 is 0. The molecule has 1 amide bonds. The highest BCUT2D eigenvalue weighted by Crippen LogP contribution is 2.23. The van der Waals surface area contributed by atoms with E-state index in [9.17, 15) is 14.9 Å². The van der Waals surface area contributed by atoms with Gasteiger partial charge in [0.25, 0.3) is 5.69 Å². The van der Waals surface area contributed by atoms with E-state index in [1.54, 1.807) is 6.92 Å². The summed E-state index contributed by atoms with van der Waals surface area (Å²) in [7, 11) is 0. The Hall–Kier alpha value is -2.96. The van der Waals surface area contributed by atoms with E-state index in [-0.39, 0.29) is 18.7 Å². The minimum Gasteiger partial charge on any atom is -0.480 e. The van der Waals surface area contributed by atoms with Crippen LogP contribution in [-0.4, -0.2) is 42.7 Å². The fourth-order valence-electron chi connectivity index (χ4n) is 2.17. The zero-order valence-corrected chi connectivity index (χ0v) is 13.6. The third-order valence-corrected chi connectivity index (χ3v) is 3.29. The molecule has 1 aliphatic heterocycles. The van der Waals surface area contributed by atoms with Crippen molar-refractivity contribution < 1.29 is 23.9 Å². The Morgan fingerprint density at radius 2 is 2.28 bits per heavy atom. The smallest absolute Gasteiger partial charge is 0.270 e. The van der Waals surface area contributed by atoms with Crippen LogP contribution < -0.4 is 10.2 Å². The van der Waals surface area contributed by atoms with Gasteiger partial charge in [-0.2, -0.15) is 5.10 Å². The number of hydrogen-bond donors (Lipinski definition) is 1. The largest absolute Gasteiger partial charge is 0.480 e. The van der Waals surface area contributed by atoms with Crippen LogP contribution in [0.1, 0.15) is 18.9 Å². The molecule has 9 heteroatoms. The number of nitro benzene ring substituents is 1. The zero-order chi connectivity index (χ0) is 18.3. The van der Waals surface area contributed by atoms with Crippen molar-refractivity contribution in [2.75, 3.05) is 19.8 Å². The molecular weight excluding hydrogens is 330 g/mol. The number of ether oxygens (including phenoxy) is 3. The van der Waals surface area contributed by atoms with E-state index in [4.69, 9.17) is 20.6 Å². The van der Waals surface area contributed by atoms with E-state index in [1.807, 2.05) is 0 Å². The molecule has 0 atom stereocenters. The molecule has 25 heavy (non-hydrogen) atoms. The summed E-state index contributed by atoms with van der Waals surface area (Å²) in [6.07, 6.45) is 6.35. The summed E-state index contributed by atoms with van der Waals surface area (Å²) in [6, 6.07) is 3.98. The predicted octanol–water partition coefficient (Wildman–Crippen LogP) is 1.21. The molecule has 0 bridgehead atoms. The van der Waals surface area contributed by atoms with Gasteiger partial charge in [-0.15, -0.1) is 6.42 Å². The number of rotatable bonds is 7. The van der Waals surface area contributed by atoms with Gasteiger partial charge in [0, 0.05) is 17.7 Å². The van der Waals surface area contributed by atoms with Crippen LogP contribution in [0.5, 0.6) is 5.75 Å². The average Bonchev–Trinajstić information content (AvgIpc) is 2.99. The second kappa shape index (κ2) is 8.23. The summed E-state index contributed by atoms with van der Waals surface area (Å²) in [5.41, 5.74) is 2.49. The van der Waals surface area contributed by atoms with Gasteiger partial charge in [0.15, 0.2) is 5.79 Å². The third-order valence-electron chi connectivity index (χ3n) is 3.29. The van der Waals surface area contributed by atoms with Crippen molar-refractivity contribution in [3.63, 3.8) is 0 Å². The Morgan fingerprint density at radius 3 is 2.92 bits per heavy atom. The lowest BCUT2D eigenvalue weighted by Crippen LogP contribution is -2.33. The van der Waals surface area contributed by atoms with Crippen LogP contribution >= 0.6 is 0 Å². The van der Waals surface area contributed by atoms with Crippen molar-refractivity contribution in [1.29, 1.82) is 0 Å². The number of hydrogen-bond acceptors (Lipinski definition) is 7. The van der Waals surface area contributed by atoms with Gasteiger partial charge in [0.05, 0.1) is 30.8 Å². The number of nitrogens with zero attached hydrogens (tertiary/aromatic N) is 2. The molecule has 1 aromatic carbocycles. The van der Waals surface area contributed by atoms with Crippen LogP contribution in [-0.2, 0) is 14.3 Å². The Morgan fingerprint density at radius 1 is 1.56 bits per heavy atom. The number of carbonyl (C=O) groups excluding carboxylic acids is 1. The number of nitro groups is 1. The van der Waals surface area contributed by atoms with Crippen molar-refractivity contribution in [3.8, 4) is 18.1 Å². The highest BCUT2D eigenvalue weighted by atomic mass is 16.7. The normalized spacial score (nSPS) is 15.7. The SMILES string of the molecule is C#CCOc1ccc([N+](=O)[O-])cc1/C=N\NC(=O)CC1(C)OCCO1. The van der Waals surface area contributed by atoms with Gasteiger partial charge in [0.1, 0.15) is 12.4 Å². The van der Waals surface area contributed by atoms with Gasteiger partial charge in [0.2, 0.25) is 5.91 Å². The molecule has 1 heterocycles. The first-order valence-electron chi connectivity index (χ1n) is 7.38. The molecule has 1 aliphatic rings. The molecule has 1 fully saturated rings.